The van der Waals surface area contributed by atoms with Gasteiger partial charge in [0.25, 0.3) is 0 Å². The highest BCUT2D eigenvalue weighted by Crippen LogP contribution is 2.15. The van der Waals surface area contributed by atoms with Gasteiger partial charge in [-0.2, -0.15) is 0 Å². The van der Waals surface area contributed by atoms with Crippen LogP contribution in [0.5, 0.6) is 0 Å². The largest absolute Gasteiger partial charge is 0.357 e. The van der Waals surface area contributed by atoms with Crippen molar-refractivity contribution < 1.29 is 12.8 Å². The number of likely N-dealkylation sites (N-methyl/N-ethyl adjacent to an activating group) is 1. The van der Waals surface area contributed by atoms with Gasteiger partial charge in [0.15, 0.2) is 15.8 Å². The number of nitrogens with one attached hydrogen (secondary N) is 1. The van der Waals surface area contributed by atoms with Gasteiger partial charge in [0, 0.05) is 25.0 Å². The third-order valence-electron chi connectivity index (χ3n) is 3.76. The van der Waals surface area contributed by atoms with Gasteiger partial charge >= 0.3 is 0 Å². The van der Waals surface area contributed by atoms with Crippen LogP contribution in [0.3, 0.4) is 0 Å². The van der Waals surface area contributed by atoms with Gasteiger partial charge in [-0.05, 0) is 36.9 Å². The van der Waals surface area contributed by atoms with E-state index in [2.05, 4.69) is 16.4 Å². The molecular formula is C18H24FN3O2S2. The molecule has 1 heterocycles. The summed E-state index contributed by atoms with van der Waals surface area (Å²) >= 11 is 1.71. The van der Waals surface area contributed by atoms with Crippen molar-refractivity contribution in [3.63, 3.8) is 0 Å². The lowest BCUT2D eigenvalue weighted by Gasteiger charge is -2.21. The molecule has 8 heteroatoms. The first kappa shape index (κ1) is 20.4. The molecule has 0 aliphatic rings. The van der Waals surface area contributed by atoms with Crippen LogP contribution in [0.2, 0.25) is 0 Å². The van der Waals surface area contributed by atoms with Crippen LogP contribution >= 0.6 is 11.3 Å². The summed E-state index contributed by atoms with van der Waals surface area (Å²) in [7, 11) is -1.78. The Hall–Kier alpha value is -1.93. The third-order valence-corrected chi connectivity index (χ3v) is 6.42. The average molecular weight is 398 g/mol. The lowest BCUT2D eigenvalue weighted by molar-refractivity contribution is 0.487. The molecular weight excluding hydrogens is 373 g/mol. The van der Waals surface area contributed by atoms with Gasteiger partial charge in [-0.1, -0.05) is 18.2 Å². The zero-order chi connectivity index (χ0) is 19.0. The van der Waals surface area contributed by atoms with Crippen LogP contribution in [-0.2, 0) is 16.3 Å². The molecule has 5 nitrogen and oxygen atoms in total. The lowest BCUT2D eigenvalue weighted by Crippen LogP contribution is -2.40. The SMILES string of the molecule is CCNC(=NCCS(=O)(=O)c1ccccc1F)N(C)CCc1cccs1. The number of hydrogen-bond donors (Lipinski definition) is 1. The van der Waals surface area contributed by atoms with Crippen molar-refractivity contribution in [1.82, 2.24) is 10.2 Å². The van der Waals surface area contributed by atoms with E-state index in [1.165, 1.54) is 23.1 Å². The fourth-order valence-electron chi connectivity index (χ4n) is 2.39. The first-order valence-electron chi connectivity index (χ1n) is 8.43. The Morgan fingerprint density at radius 3 is 2.69 bits per heavy atom. The van der Waals surface area contributed by atoms with Gasteiger partial charge in [0.1, 0.15) is 10.7 Å². The van der Waals surface area contributed by atoms with Crippen LogP contribution < -0.4 is 5.32 Å². The number of aliphatic imine (C=N–C) groups is 1. The first-order chi connectivity index (χ1) is 12.4. The van der Waals surface area contributed by atoms with E-state index in [9.17, 15) is 12.8 Å². The molecule has 0 aliphatic carbocycles. The molecule has 26 heavy (non-hydrogen) atoms. The normalized spacial score (nSPS) is 12.2. The minimum absolute atomic E-state index is 0.0718. The molecule has 0 amide bonds. The highest BCUT2D eigenvalue weighted by atomic mass is 32.2. The van der Waals surface area contributed by atoms with E-state index in [0.717, 1.165) is 19.0 Å². The minimum atomic E-state index is -3.70. The van der Waals surface area contributed by atoms with Crippen molar-refractivity contribution in [2.45, 2.75) is 18.2 Å². The maximum absolute atomic E-state index is 13.7. The number of sulfone groups is 1. The zero-order valence-corrected chi connectivity index (χ0v) is 16.6. The van der Waals surface area contributed by atoms with Crippen LogP contribution in [-0.4, -0.2) is 51.7 Å². The molecule has 0 aliphatic heterocycles. The number of rotatable bonds is 8. The predicted molar refractivity (Wildman–Crippen MR) is 105 cm³/mol. The van der Waals surface area contributed by atoms with Crippen LogP contribution in [0.15, 0.2) is 51.7 Å². The van der Waals surface area contributed by atoms with Crippen molar-refractivity contribution >= 4 is 27.1 Å². The molecule has 1 aromatic carbocycles. The van der Waals surface area contributed by atoms with Crippen molar-refractivity contribution in [2.24, 2.45) is 4.99 Å². The van der Waals surface area contributed by atoms with Crippen LogP contribution in [0.1, 0.15) is 11.8 Å². The fourth-order valence-corrected chi connectivity index (χ4v) is 4.29. The summed E-state index contributed by atoms with van der Waals surface area (Å²) in [6.45, 7) is 3.48. The highest BCUT2D eigenvalue weighted by Gasteiger charge is 2.18. The molecule has 0 saturated carbocycles. The lowest BCUT2D eigenvalue weighted by atomic mass is 10.3. The third kappa shape index (κ3) is 5.81. The van der Waals surface area contributed by atoms with Gasteiger partial charge in [-0.3, -0.25) is 4.99 Å². The number of nitrogens with zero attached hydrogens (tertiary/aromatic N) is 2. The van der Waals surface area contributed by atoms with Crippen LogP contribution in [0.4, 0.5) is 4.39 Å². The van der Waals surface area contributed by atoms with E-state index in [-0.39, 0.29) is 17.2 Å². The second-order valence-corrected chi connectivity index (χ2v) is 8.85. The average Bonchev–Trinajstić information content (AvgIpc) is 3.12. The Kier molecular flexibility index (Phi) is 7.59. The van der Waals surface area contributed by atoms with Gasteiger partial charge in [0.2, 0.25) is 0 Å². The van der Waals surface area contributed by atoms with Gasteiger partial charge in [-0.25, -0.2) is 12.8 Å². The van der Waals surface area contributed by atoms with E-state index in [1.54, 1.807) is 11.3 Å². The first-order valence-corrected chi connectivity index (χ1v) is 11.0. The zero-order valence-electron chi connectivity index (χ0n) is 15.0. The van der Waals surface area contributed by atoms with E-state index in [4.69, 9.17) is 0 Å². The number of benzene rings is 1. The summed E-state index contributed by atoms with van der Waals surface area (Å²) in [4.78, 5) is 7.37. The second-order valence-electron chi connectivity index (χ2n) is 5.74. The summed E-state index contributed by atoms with van der Waals surface area (Å²) in [6, 6.07) is 9.53. The number of halogens is 1. The minimum Gasteiger partial charge on any atom is -0.357 e. The monoisotopic (exact) mass is 397 g/mol. The molecule has 0 unspecified atom stereocenters. The van der Waals surface area contributed by atoms with Gasteiger partial charge < -0.3 is 10.2 Å². The standard InChI is InChI=1S/C18H24FN3O2S2/c1-3-20-18(22(2)12-10-15-7-6-13-25-15)21-11-14-26(23,24)17-9-5-4-8-16(17)19/h4-9,13H,3,10-12,14H2,1-2H3,(H,20,21). The maximum atomic E-state index is 13.7. The smallest absolute Gasteiger partial charge is 0.193 e. The van der Waals surface area contributed by atoms with Crippen LogP contribution in [0, 0.1) is 5.82 Å². The summed E-state index contributed by atoms with van der Waals surface area (Å²) < 4.78 is 38.3. The second kappa shape index (κ2) is 9.68. The topological polar surface area (TPSA) is 61.8 Å². The molecule has 1 aromatic heterocycles. The molecule has 2 aromatic rings. The molecule has 142 valence electrons. The quantitative estimate of drug-likeness (QED) is 0.550. The van der Waals surface area contributed by atoms with E-state index in [1.807, 2.05) is 30.3 Å². The molecule has 0 radical (unpaired) electrons. The summed E-state index contributed by atoms with van der Waals surface area (Å²) in [5.74, 6) is -0.314. The summed E-state index contributed by atoms with van der Waals surface area (Å²) in [5, 5.41) is 5.20. The molecule has 0 atom stereocenters. The van der Waals surface area contributed by atoms with Crippen molar-refractivity contribution in [3.05, 3.63) is 52.5 Å². The van der Waals surface area contributed by atoms with Crippen molar-refractivity contribution in [3.8, 4) is 0 Å². The van der Waals surface area contributed by atoms with Gasteiger partial charge in [0.05, 0.1) is 12.3 Å². The fraction of sp³-hybridized carbons (Fsp3) is 0.389. The Labute approximate surface area is 158 Å². The molecule has 0 bridgehead atoms. The molecule has 0 saturated heterocycles. The molecule has 0 spiro atoms. The maximum Gasteiger partial charge on any atom is 0.193 e. The van der Waals surface area contributed by atoms with Gasteiger partial charge in [-0.15, -0.1) is 11.3 Å². The molecule has 2 rings (SSSR count). The van der Waals surface area contributed by atoms with E-state index in [0.29, 0.717) is 12.5 Å². The summed E-state index contributed by atoms with van der Waals surface area (Å²) in [6.07, 6.45) is 0.895. The van der Waals surface area contributed by atoms with E-state index < -0.39 is 15.7 Å². The predicted octanol–water partition coefficient (Wildman–Crippen LogP) is 2.80. The van der Waals surface area contributed by atoms with Crippen molar-refractivity contribution in [2.75, 3.05) is 32.4 Å². The molecule has 1 N–H and O–H groups in total. The number of hydrogen-bond acceptors (Lipinski definition) is 4. The molecule has 0 fully saturated rings. The van der Waals surface area contributed by atoms with E-state index >= 15 is 0 Å². The highest BCUT2D eigenvalue weighted by molar-refractivity contribution is 7.91. The Bertz CT molecular complexity index is 821. The Balaban J connectivity index is 1.98. The number of thiophene rings is 1. The van der Waals surface area contributed by atoms with Crippen LogP contribution in [0.25, 0.3) is 0 Å². The summed E-state index contributed by atoms with van der Waals surface area (Å²) in [5.41, 5.74) is 0. The number of guanidine groups is 1. The van der Waals surface area contributed by atoms with Crippen molar-refractivity contribution in [1.29, 1.82) is 0 Å². The Morgan fingerprint density at radius 1 is 1.27 bits per heavy atom. The Morgan fingerprint density at radius 2 is 2.04 bits per heavy atom.